The molecule has 164 valence electrons. The van der Waals surface area contributed by atoms with Crippen LogP contribution >= 0.6 is 0 Å². The summed E-state index contributed by atoms with van der Waals surface area (Å²) in [4.78, 5) is 27.3. The standard InChI is InChI=1S/C28H20N4O2/c1-16-7-11-18(12-8-16)29-22-15-23-26(30-31-32(23)19-13-9-17(2)10-14-19)25-24(22)27(33)20-5-3-4-6-21(20)28(25)34/h3-15,29H,1-2H3. The van der Waals surface area contributed by atoms with Crippen molar-refractivity contribution in [3.8, 4) is 5.69 Å². The highest BCUT2D eigenvalue weighted by Gasteiger charge is 2.35. The summed E-state index contributed by atoms with van der Waals surface area (Å²) in [6.07, 6.45) is 0. The van der Waals surface area contributed by atoms with Gasteiger partial charge in [0.15, 0.2) is 11.6 Å². The molecular weight excluding hydrogens is 424 g/mol. The van der Waals surface area contributed by atoms with Crippen molar-refractivity contribution in [2.45, 2.75) is 13.8 Å². The van der Waals surface area contributed by atoms with Crippen molar-refractivity contribution < 1.29 is 9.59 Å². The lowest BCUT2D eigenvalue weighted by atomic mass is 9.82. The molecule has 34 heavy (non-hydrogen) atoms. The minimum Gasteiger partial charge on any atom is -0.355 e. The quantitative estimate of drug-likeness (QED) is 0.387. The molecule has 5 aromatic rings. The smallest absolute Gasteiger partial charge is 0.196 e. The third-order valence-electron chi connectivity index (χ3n) is 6.22. The zero-order chi connectivity index (χ0) is 23.4. The first-order valence-corrected chi connectivity index (χ1v) is 11.0. The summed E-state index contributed by atoms with van der Waals surface area (Å²) in [5, 5.41) is 12.1. The van der Waals surface area contributed by atoms with Crippen molar-refractivity contribution in [1.29, 1.82) is 0 Å². The summed E-state index contributed by atoms with van der Waals surface area (Å²) in [6.45, 7) is 4.04. The van der Waals surface area contributed by atoms with Gasteiger partial charge in [-0.05, 0) is 44.2 Å². The molecule has 0 bridgehead atoms. The van der Waals surface area contributed by atoms with Crippen LogP contribution in [0.1, 0.15) is 43.0 Å². The van der Waals surface area contributed by atoms with Gasteiger partial charge in [0.05, 0.1) is 28.0 Å². The van der Waals surface area contributed by atoms with Crippen LogP contribution in [0.4, 0.5) is 11.4 Å². The monoisotopic (exact) mass is 444 g/mol. The summed E-state index contributed by atoms with van der Waals surface area (Å²) in [6, 6.07) is 24.6. The molecule has 0 spiro atoms. The van der Waals surface area contributed by atoms with Gasteiger partial charge in [-0.1, -0.05) is 64.9 Å². The number of ketones is 2. The van der Waals surface area contributed by atoms with Crippen LogP contribution in [0, 0.1) is 13.8 Å². The van der Waals surface area contributed by atoms with Crippen molar-refractivity contribution >= 4 is 34.0 Å². The van der Waals surface area contributed by atoms with E-state index in [4.69, 9.17) is 0 Å². The SMILES string of the molecule is Cc1ccc(Nc2cc3c(nnn3-c3ccc(C)cc3)c3c2C(=O)c2ccccc2C3=O)cc1. The average Bonchev–Trinajstić information content (AvgIpc) is 3.27. The Balaban J connectivity index is 1.63. The number of carbonyl (C=O) groups is 2. The zero-order valence-corrected chi connectivity index (χ0v) is 18.7. The van der Waals surface area contributed by atoms with Crippen LogP contribution in [0.2, 0.25) is 0 Å². The number of benzene rings is 4. The molecule has 1 aliphatic rings. The van der Waals surface area contributed by atoms with Gasteiger partial charge in [0.1, 0.15) is 5.52 Å². The van der Waals surface area contributed by atoms with E-state index >= 15 is 0 Å². The van der Waals surface area contributed by atoms with E-state index in [2.05, 4.69) is 15.6 Å². The van der Waals surface area contributed by atoms with E-state index in [1.807, 2.05) is 68.4 Å². The topological polar surface area (TPSA) is 76.9 Å². The van der Waals surface area contributed by atoms with Crippen molar-refractivity contribution in [3.05, 3.63) is 112 Å². The number of carbonyl (C=O) groups excluding carboxylic acids is 2. The summed E-state index contributed by atoms with van der Waals surface area (Å²) in [7, 11) is 0. The molecule has 1 aromatic heterocycles. The Morgan fingerprint density at radius 2 is 1.32 bits per heavy atom. The number of aryl methyl sites for hydroxylation is 2. The first kappa shape index (κ1) is 20.1. The molecule has 1 aliphatic carbocycles. The molecule has 0 unspecified atom stereocenters. The number of nitrogens with zero attached hydrogens (tertiary/aromatic N) is 3. The zero-order valence-electron chi connectivity index (χ0n) is 18.7. The maximum atomic E-state index is 13.7. The second-order valence-electron chi connectivity index (χ2n) is 8.57. The van der Waals surface area contributed by atoms with Crippen LogP contribution in [0.3, 0.4) is 0 Å². The molecule has 4 aromatic carbocycles. The third kappa shape index (κ3) is 3.03. The number of anilines is 2. The fourth-order valence-corrected chi connectivity index (χ4v) is 4.43. The summed E-state index contributed by atoms with van der Waals surface area (Å²) in [5.74, 6) is -0.426. The Bertz CT molecular complexity index is 1610. The number of nitrogens with one attached hydrogen (secondary N) is 1. The van der Waals surface area contributed by atoms with Crippen LogP contribution in [0.15, 0.2) is 78.9 Å². The van der Waals surface area contributed by atoms with Crippen LogP contribution < -0.4 is 5.32 Å². The van der Waals surface area contributed by atoms with Crippen molar-refractivity contribution in [2.75, 3.05) is 5.32 Å². The number of fused-ring (bicyclic) bond motifs is 4. The molecule has 0 radical (unpaired) electrons. The van der Waals surface area contributed by atoms with Gasteiger partial charge in [-0.15, -0.1) is 5.10 Å². The van der Waals surface area contributed by atoms with E-state index < -0.39 is 0 Å². The molecule has 0 saturated heterocycles. The van der Waals surface area contributed by atoms with E-state index in [1.165, 1.54) is 0 Å². The Morgan fingerprint density at radius 3 is 1.97 bits per heavy atom. The minimum absolute atomic E-state index is 0.202. The predicted octanol–water partition coefficient (Wildman–Crippen LogP) is 5.56. The molecule has 6 heteroatoms. The van der Waals surface area contributed by atoms with Gasteiger partial charge < -0.3 is 5.32 Å². The van der Waals surface area contributed by atoms with Gasteiger partial charge in [-0.2, -0.15) is 0 Å². The first-order valence-electron chi connectivity index (χ1n) is 11.0. The highest BCUT2D eigenvalue weighted by molar-refractivity contribution is 6.33. The molecule has 0 amide bonds. The van der Waals surface area contributed by atoms with Crippen molar-refractivity contribution in [2.24, 2.45) is 0 Å². The van der Waals surface area contributed by atoms with Crippen LogP contribution in [0.5, 0.6) is 0 Å². The van der Waals surface area contributed by atoms with Crippen LogP contribution in [-0.2, 0) is 0 Å². The summed E-state index contributed by atoms with van der Waals surface area (Å²) < 4.78 is 1.70. The third-order valence-corrected chi connectivity index (χ3v) is 6.22. The molecule has 0 atom stereocenters. The maximum absolute atomic E-state index is 13.7. The van der Waals surface area contributed by atoms with Gasteiger partial charge in [-0.25, -0.2) is 4.68 Å². The van der Waals surface area contributed by atoms with E-state index in [9.17, 15) is 9.59 Å². The average molecular weight is 444 g/mol. The van der Waals surface area contributed by atoms with Gasteiger partial charge in [0, 0.05) is 16.8 Å². The lowest BCUT2D eigenvalue weighted by Crippen LogP contribution is -2.22. The lowest BCUT2D eigenvalue weighted by Gasteiger charge is -2.21. The van der Waals surface area contributed by atoms with Gasteiger partial charge >= 0.3 is 0 Å². The largest absolute Gasteiger partial charge is 0.355 e. The number of hydrogen-bond donors (Lipinski definition) is 1. The number of aromatic nitrogens is 3. The second kappa shape index (κ2) is 7.49. The molecule has 1 heterocycles. The Hall–Kier alpha value is -4.58. The minimum atomic E-state index is -0.223. The van der Waals surface area contributed by atoms with Gasteiger partial charge in [0.25, 0.3) is 0 Å². The maximum Gasteiger partial charge on any atom is 0.196 e. The van der Waals surface area contributed by atoms with Crippen LogP contribution in [-0.4, -0.2) is 26.6 Å². The molecular formula is C28H20N4O2. The molecule has 6 nitrogen and oxygen atoms in total. The Morgan fingerprint density at radius 1 is 0.735 bits per heavy atom. The van der Waals surface area contributed by atoms with Gasteiger partial charge in [-0.3, -0.25) is 9.59 Å². The summed E-state index contributed by atoms with van der Waals surface area (Å²) >= 11 is 0. The number of hydrogen-bond acceptors (Lipinski definition) is 5. The Kier molecular flexibility index (Phi) is 4.42. The van der Waals surface area contributed by atoms with Gasteiger partial charge in [0.2, 0.25) is 0 Å². The summed E-state index contributed by atoms with van der Waals surface area (Å²) in [5.41, 5.74) is 6.92. The highest BCUT2D eigenvalue weighted by Crippen LogP contribution is 2.38. The van der Waals surface area contributed by atoms with Crippen molar-refractivity contribution in [3.63, 3.8) is 0 Å². The Labute approximate surface area is 195 Å². The van der Waals surface area contributed by atoms with E-state index in [0.717, 1.165) is 22.5 Å². The first-order chi connectivity index (χ1) is 16.5. The normalized spacial score (nSPS) is 12.5. The van der Waals surface area contributed by atoms with E-state index in [1.54, 1.807) is 28.9 Å². The number of rotatable bonds is 3. The lowest BCUT2D eigenvalue weighted by molar-refractivity contribution is 0.0981. The van der Waals surface area contributed by atoms with E-state index in [-0.39, 0.29) is 17.1 Å². The predicted molar refractivity (Wildman–Crippen MR) is 131 cm³/mol. The fourth-order valence-electron chi connectivity index (χ4n) is 4.43. The highest BCUT2D eigenvalue weighted by atomic mass is 16.1. The molecule has 6 rings (SSSR count). The van der Waals surface area contributed by atoms with Crippen LogP contribution in [0.25, 0.3) is 16.7 Å². The molecule has 0 fully saturated rings. The fraction of sp³-hybridized carbons (Fsp3) is 0.0714. The second-order valence-corrected chi connectivity index (χ2v) is 8.57. The molecule has 0 saturated carbocycles. The van der Waals surface area contributed by atoms with E-state index in [0.29, 0.717) is 33.4 Å². The molecule has 1 N–H and O–H groups in total. The molecule has 0 aliphatic heterocycles. The van der Waals surface area contributed by atoms with Crippen molar-refractivity contribution in [1.82, 2.24) is 15.0 Å².